The van der Waals surface area contributed by atoms with E-state index in [1.807, 2.05) is 54.6 Å². The van der Waals surface area contributed by atoms with Gasteiger partial charge in [0.15, 0.2) is 0 Å². The molecular formula is C23H26N4O5. The molecule has 0 atom stereocenters. The van der Waals surface area contributed by atoms with Crippen molar-refractivity contribution in [2.24, 2.45) is 5.10 Å². The van der Waals surface area contributed by atoms with Gasteiger partial charge in [-0.1, -0.05) is 30.3 Å². The third-order valence-corrected chi connectivity index (χ3v) is 4.74. The first kappa shape index (κ1) is 23.0. The number of hydrogen-bond acceptors (Lipinski definition) is 7. The minimum Gasteiger partial charge on any atom is -0.497 e. The highest BCUT2D eigenvalue weighted by Crippen LogP contribution is 2.12. The maximum atomic E-state index is 12.9. The van der Waals surface area contributed by atoms with E-state index in [2.05, 4.69) is 5.10 Å². The number of aromatic nitrogens is 2. The summed E-state index contributed by atoms with van der Waals surface area (Å²) in [5.41, 5.74) is 0.670. The Bertz CT molecular complexity index is 1150. The highest BCUT2D eigenvalue weighted by molar-refractivity contribution is 5.80. The van der Waals surface area contributed by atoms with Crippen LogP contribution in [-0.2, 0) is 24.6 Å². The molecule has 2 aromatic carbocycles. The van der Waals surface area contributed by atoms with Gasteiger partial charge < -0.3 is 14.6 Å². The van der Waals surface area contributed by atoms with E-state index in [1.54, 1.807) is 20.4 Å². The molecule has 0 saturated carbocycles. The van der Waals surface area contributed by atoms with Crippen LogP contribution in [-0.4, -0.2) is 41.2 Å². The van der Waals surface area contributed by atoms with Gasteiger partial charge in [0, 0.05) is 13.1 Å². The molecule has 0 aliphatic heterocycles. The Hall–Kier alpha value is -3.69. The predicted molar refractivity (Wildman–Crippen MR) is 122 cm³/mol. The van der Waals surface area contributed by atoms with Crippen molar-refractivity contribution < 1.29 is 14.6 Å². The summed E-state index contributed by atoms with van der Waals surface area (Å²) in [6.45, 7) is -0.220. The fourth-order valence-electron chi connectivity index (χ4n) is 3.03. The van der Waals surface area contributed by atoms with Crippen LogP contribution in [0.25, 0.3) is 0 Å². The lowest BCUT2D eigenvalue weighted by Gasteiger charge is -2.20. The SMILES string of the molecule is COc1ccc(C=NN(C)c2cc(=O)n(CCO)c(=O)n2COCc2ccccc2)cc1. The number of anilines is 1. The normalized spacial score (nSPS) is 11.1. The molecule has 3 rings (SSSR count). The number of rotatable bonds is 10. The fourth-order valence-corrected chi connectivity index (χ4v) is 3.03. The van der Waals surface area contributed by atoms with Crippen molar-refractivity contribution >= 4 is 12.0 Å². The smallest absolute Gasteiger partial charge is 0.334 e. The van der Waals surface area contributed by atoms with Crippen LogP contribution in [0.2, 0.25) is 0 Å². The largest absolute Gasteiger partial charge is 0.497 e. The summed E-state index contributed by atoms with van der Waals surface area (Å²) >= 11 is 0. The van der Waals surface area contributed by atoms with E-state index in [-0.39, 0.29) is 25.7 Å². The summed E-state index contributed by atoms with van der Waals surface area (Å²) in [6.07, 6.45) is 1.61. The Morgan fingerprint density at radius 3 is 2.44 bits per heavy atom. The molecule has 0 amide bonds. The molecule has 32 heavy (non-hydrogen) atoms. The molecule has 1 aromatic heterocycles. The molecular weight excluding hydrogens is 412 g/mol. The Morgan fingerprint density at radius 2 is 1.78 bits per heavy atom. The van der Waals surface area contributed by atoms with Crippen LogP contribution in [0.3, 0.4) is 0 Å². The summed E-state index contributed by atoms with van der Waals surface area (Å²) in [6, 6.07) is 18.1. The van der Waals surface area contributed by atoms with E-state index in [9.17, 15) is 14.7 Å². The van der Waals surface area contributed by atoms with Gasteiger partial charge in [-0.15, -0.1) is 0 Å². The first-order chi connectivity index (χ1) is 15.5. The van der Waals surface area contributed by atoms with Crippen LogP contribution in [0.15, 0.2) is 75.4 Å². The molecule has 0 unspecified atom stereocenters. The van der Waals surface area contributed by atoms with E-state index in [4.69, 9.17) is 9.47 Å². The number of benzene rings is 2. The second-order valence-electron chi connectivity index (χ2n) is 6.93. The second-order valence-corrected chi connectivity index (χ2v) is 6.93. The Morgan fingerprint density at radius 1 is 1.06 bits per heavy atom. The fraction of sp³-hybridized carbons (Fsp3) is 0.261. The molecule has 0 aliphatic carbocycles. The summed E-state index contributed by atoms with van der Waals surface area (Å²) < 4.78 is 13.2. The van der Waals surface area contributed by atoms with Gasteiger partial charge in [0.2, 0.25) is 0 Å². The molecule has 9 nitrogen and oxygen atoms in total. The lowest BCUT2D eigenvalue weighted by molar-refractivity contribution is 0.0604. The van der Waals surface area contributed by atoms with Crippen molar-refractivity contribution in [3.8, 4) is 5.75 Å². The van der Waals surface area contributed by atoms with Crippen molar-refractivity contribution in [3.05, 3.63) is 92.6 Å². The van der Waals surface area contributed by atoms with Crippen LogP contribution in [0, 0.1) is 0 Å². The topological polar surface area (TPSA) is 98.3 Å². The maximum absolute atomic E-state index is 12.9. The lowest BCUT2D eigenvalue weighted by Crippen LogP contribution is -2.42. The monoisotopic (exact) mass is 438 g/mol. The molecule has 0 radical (unpaired) electrons. The third kappa shape index (κ3) is 5.71. The van der Waals surface area contributed by atoms with Crippen molar-refractivity contribution in [3.63, 3.8) is 0 Å². The Balaban J connectivity index is 1.87. The van der Waals surface area contributed by atoms with Gasteiger partial charge in [-0.2, -0.15) is 5.10 Å². The second kappa shape index (κ2) is 11.1. The molecule has 3 aromatic rings. The van der Waals surface area contributed by atoms with Crippen molar-refractivity contribution in [2.45, 2.75) is 19.9 Å². The molecule has 9 heteroatoms. The highest BCUT2D eigenvalue weighted by atomic mass is 16.5. The van der Waals surface area contributed by atoms with E-state index in [0.29, 0.717) is 6.61 Å². The van der Waals surface area contributed by atoms with Gasteiger partial charge in [0.05, 0.1) is 33.1 Å². The van der Waals surface area contributed by atoms with Gasteiger partial charge >= 0.3 is 5.69 Å². The molecule has 1 N–H and O–H groups in total. The molecule has 1 heterocycles. The molecule has 0 aliphatic rings. The average molecular weight is 438 g/mol. The zero-order valence-electron chi connectivity index (χ0n) is 18.0. The summed E-state index contributed by atoms with van der Waals surface area (Å²) in [7, 11) is 3.23. The zero-order chi connectivity index (χ0) is 22.9. The van der Waals surface area contributed by atoms with Crippen LogP contribution < -0.4 is 21.0 Å². The van der Waals surface area contributed by atoms with Gasteiger partial charge in [0.25, 0.3) is 5.56 Å². The highest BCUT2D eigenvalue weighted by Gasteiger charge is 2.14. The standard InChI is InChI=1S/C23H26N4O5/c1-25(24-15-18-8-10-20(31-2)11-9-18)21-14-22(29)26(12-13-28)23(30)27(21)17-32-16-19-6-4-3-5-7-19/h3-11,14-15,28H,12-13,16-17H2,1-2H3. The summed E-state index contributed by atoms with van der Waals surface area (Å²) in [5.74, 6) is 0.999. The number of methoxy groups -OCH3 is 1. The van der Waals surface area contributed by atoms with Crippen LogP contribution in [0.1, 0.15) is 11.1 Å². The first-order valence-electron chi connectivity index (χ1n) is 10.0. The predicted octanol–water partition coefficient (Wildman–Crippen LogP) is 1.66. The average Bonchev–Trinajstić information content (AvgIpc) is 2.82. The third-order valence-electron chi connectivity index (χ3n) is 4.74. The lowest BCUT2D eigenvalue weighted by atomic mass is 10.2. The van der Waals surface area contributed by atoms with Crippen molar-refractivity contribution in [1.29, 1.82) is 0 Å². The number of hydrogen-bond donors (Lipinski definition) is 1. The number of aliphatic hydroxyl groups is 1. The molecule has 0 spiro atoms. The van der Waals surface area contributed by atoms with Crippen LogP contribution >= 0.6 is 0 Å². The Kier molecular flexibility index (Phi) is 7.96. The molecule has 168 valence electrons. The first-order valence-corrected chi connectivity index (χ1v) is 10.0. The molecule has 0 bridgehead atoms. The van der Waals surface area contributed by atoms with Gasteiger partial charge in [-0.25, -0.2) is 4.79 Å². The number of ether oxygens (including phenoxy) is 2. The molecule has 0 fully saturated rings. The number of hydrazone groups is 1. The quantitative estimate of drug-likeness (QED) is 0.382. The van der Waals surface area contributed by atoms with E-state index in [1.165, 1.54) is 15.6 Å². The number of nitrogens with zero attached hydrogens (tertiary/aromatic N) is 4. The number of aliphatic hydroxyl groups excluding tert-OH is 1. The van der Waals surface area contributed by atoms with Crippen molar-refractivity contribution in [2.75, 3.05) is 25.8 Å². The summed E-state index contributed by atoms with van der Waals surface area (Å²) in [4.78, 5) is 25.4. The molecule has 0 saturated heterocycles. The van der Waals surface area contributed by atoms with E-state index in [0.717, 1.165) is 21.4 Å². The maximum Gasteiger partial charge on any atom is 0.334 e. The van der Waals surface area contributed by atoms with Gasteiger partial charge in [-0.3, -0.25) is 18.9 Å². The van der Waals surface area contributed by atoms with E-state index >= 15 is 0 Å². The van der Waals surface area contributed by atoms with E-state index < -0.39 is 11.2 Å². The summed E-state index contributed by atoms with van der Waals surface area (Å²) in [5, 5.41) is 15.0. The Labute approximate surface area is 185 Å². The zero-order valence-corrected chi connectivity index (χ0v) is 18.0. The van der Waals surface area contributed by atoms with Crippen LogP contribution in [0.4, 0.5) is 5.82 Å². The minimum absolute atomic E-state index is 0.0861. The van der Waals surface area contributed by atoms with Gasteiger partial charge in [-0.05, 0) is 35.4 Å². The van der Waals surface area contributed by atoms with Crippen molar-refractivity contribution in [1.82, 2.24) is 9.13 Å². The minimum atomic E-state index is -0.582. The van der Waals surface area contributed by atoms with Crippen LogP contribution in [0.5, 0.6) is 5.75 Å². The van der Waals surface area contributed by atoms with Gasteiger partial charge in [0.1, 0.15) is 18.3 Å².